The van der Waals surface area contributed by atoms with E-state index < -0.39 is 11.4 Å². The van der Waals surface area contributed by atoms with Crippen molar-refractivity contribution in [2.24, 2.45) is 5.41 Å². The average Bonchev–Trinajstić information content (AvgIpc) is 3.05. The van der Waals surface area contributed by atoms with E-state index in [2.05, 4.69) is 21.2 Å². The maximum atomic E-state index is 11.9. The molecule has 5 nitrogen and oxygen atoms in total. The van der Waals surface area contributed by atoms with Crippen molar-refractivity contribution in [3.05, 3.63) is 20.8 Å². The van der Waals surface area contributed by atoms with Crippen molar-refractivity contribution >= 4 is 39.3 Å². The smallest absolute Gasteiger partial charge is 0.317 e. The molecule has 0 aromatic carbocycles. The summed E-state index contributed by atoms with van der Waals surface area (Å²) in [6.45, 7) is 0.715. The minimum absolute atomic E-state index is 0.207. The third-order valence-corrected chi connectivity index (χ3v) is 4.83. The molecule has 1 heterocycles. The number of carboxylic acids is 1. The molecule has 2 rings (SSSR count). The fourth-order valence-corrected chi connectivity index (χ4v) is 2.97. The van der Waals surface area contributed by atoms with Crippen LogP contribution in [0.5, 0.6) is 0 Å². The van der Waals surface area contributed by atoms with Gasteiger partial charge in [0.2, 0.25) is 0 Å². The molecule has 1 aliphatic rings. The molecule has 0 saturated heterocycles. The summed E-state index contributed by atoms with van der Waals surface area (Å²) in [6.07, 6.45) is 1.29. The van der Waals surface area contributed by atoms with Crippen molar-refractivity contribution in [3.63, 3.8) is 0 Å². The molecule has 1 aromatic heterocycles. The average molecular weight is 347 g/mol. The molecular weight excluding hydrogens is 332 g/mol. The molecule has 1 fully saturated rings. The maximum Gasteiger partial charge on any atom is 0.317 e. The second kappa shape index (κ2) is 5.50. The molecule has 1 saturated carbocycles. The largest absolute Gasteiger partial charge is 0.481 e. The SMILES string of the molecule is CN(Cc1csc(Br)c1)C(=O)NCC1(C(=O)O)CC1. The van der Waals surface area contributed by atoms with Crippen LogP contribution in [0.3, 0.4) is 0 Å². The minimum atomic E-state index is -0.822. The standard InChI is InChI=1S/C12H15BrN2O3S/c1-15(5-8-4-9(13)19-6-8)11(18)14-7-12(2-3-12)10(16)17/h4,6H,2-3,5,7H2,1H3,(H,14,18)(H,16,17). The van der Waals surface area contributed by atoms with Crippen LogP contribution in [0.2, 0.25) is 0 Å². The third kappa shape index (κ3) is 3.48. The van der Waals surface area contributed by atoms with Gasteiger partial charge in [-0.1, -0.05) is 0 Å². The molecule has 1 aliphatic carbocycles. The predicted octanol–water partition coefficient (Wildman–Crippen LogP) is 2.52. The van der Waals surface area contributed by atoms with Gasteiger partial charge >= 0.3 is 12.0 Å². The Morgan fingerprint density at radius 2 is 2.26 bits per heavy atom. The number of nitrogens with zero attached hydrogens (tertiary/aromatic N) is 1. The number of carboxylic acid groups (broad SMARTS) is 1. The van der Waals surface area contributed by atoms with Gasteiger partial charge in [0.05, 0.1) is 9.20 Å². The van der Waals surface area contributed by atoms with Crippen molar-refractivity contribution in [2.45, 2.75) is 19.4 Å². The second-order valence-electron chi connectivity index (χ2n) is 4.86. The zero-order valence-corrected chi connectivity index (χ0v) is 12.9. The highest BCUT2D eigenvalue weighted by molar-refractivity contribution is 9.11. The van der Waals surface area contributed by atoms with Crippen molar-refractivity contribution < 1.29 is 14.7 Å². The molecule has 0 unspecified atom stereocenters. The Morgan fingerprint density at radius 1 is 1.58 bits per heavy atom. The van der Waals surface area contributed by atoms with Gasteiger partial charge in [-0.15, -0.1) is 11.3 Å². The first kappa shape index (κ1) is 14.3. The number of thiophene rings is 1. The first-order valence-corrected chi connectivity index (χ1v) is 7.55. The topological polar surface area (TPSA) is 69.6 Å². The van der Waals surface area contributed by atoms with Crippen molar-refractivity contribution in [2.75, 3.05) is 13.6 Å². The van der Waals surface area contributed by atoms with Gasteiger partial charge in [0.25, 0.3) is 0 Å². The van der Waals surface area contributed by atoms with Crippen LogP contribution in [0.1, 0.15) is 18.4 Å². The summed E-state index contributed by atoms with van der Waals surface area (Å²) < 4.78 is 1.03. The lowest BCUT2D eigenvalue weighted by atomic mass is 10.1. The Hall–Kier alpha value is -1.08. The summed E-state index contributed by atoms with van der Waals surface area (Å²) in [5.41, 5.74) is 0.330. The van der Waals surface area contributed by atoms with E-state index in [-0.39, 0.29) is 12.6 Å². The molecule has 7 heteroatoms. The van der Waals surface area contributed by atoms with Crippen LogP contribution in [0.4, 0.5) is 4.79 Å². The summed E-state index contributed by atoms with van der Waals surface area (Å²) in [6, 6.07) is 1.73. The van der Waals surface area contributed by atoms with Gasteiger partial charge in [0.15, 0.2) is 0 Å². The molecule has 19 heavy (non-hydrogen) atoms. The van der Waals surface area contributed by atoms with Gasteiger partial charge < -0.3 is 15.3 Å². The summed E-state index contributed by atoms with van der Waals surface area (Å²) >= 11 is 4.94. The molecule has 0 radical (unpaired) electrons. The second-order valence-corrected chi connectivity index (χ2v) is 7.15. The maximum absolute atomic E-state index is 11.9. The molecule has 0 aliphatic heterocycles. The van der Waals surface area contributed by atoms with Crippen LogP contribution in [0.15, 0.2) is 15.2 Å². The molecule has 0 spiro atoms. The Morgan fingerprint density at radius 3 is 2.74 bits per heavy atom. The predicted molar refractivity (Wildman–Crippen MR) is 76.2 cm³/mol. The minimum Gasteiger partial charge on any atom is -0.481 e. The Kier molecular flexibility index (Phi) is 4.15. The van der Waals surface area contributed by atoms with Crippen molar-refractivity contribution in [1.82, 2.24) is 10.2 Å². The lowest BCUT2D eigenvalue weighted by Crippen LogP contribution is -2.41. The van der Waals surface area contributed by atoms with Crippen molar-refractivity contribution in [1.29, 1.82) is 0 Å². The van der Waals surface area contributed by atoms with Crippen LogP contribution >= 0.6 is 27.3 Å². The van der Waals surface area contributed by atoms with E-state index in [1.165, 1.54) is 0 Å². The number of urea groups is 1. The molecule has 2 N–H and O–H groups in total. The van der Waals surface area contributed by atoms with Crippen LogP contribution in [0.25, 0.3) is 0 Å². The lowest BCUT2D eigenvalue weighted by molar-refractivity contribution is -0.143. The van der Waals surface area contributed by atoms with Crippen LogP contribution in [0, 0.1) is 5.41 Å². The van der Waals surface area contributed by atoms with Gasteiger partial charge in [-0.2, -0.15) is 0 Å². The van der Waals surface area contributed by atoms with Gasteiger partial charge in [-0.25, -0.2) is 4.79 Å². The normalized spacial score (nSPS) is 15.9. The lowest BCUT2D eigenvalue weighted by Gasteiger charge is -2.19. The van der Waals surface area contributed by atoms with E-state index in [1.54, 1.807) is 23.3 Å². The van der Waals surface area contributed by atoms with Gasteiger partial charge in [0, 0.05) is 20.1 Å². The van der Waals surface area contributed by atoms with Gasteiger partial charge in [-0.3, -0.25) is 4.79 Å². The Balaban J connectivity index is 1.81. The van der Waals surface area contributed by atoms with E-state index in [0.29, 0.717) is 19.4 Å². The number of hydrogen-bond donors (Lipinski definition) is 2. The van der Waals surface area contributed by atoms with Crippen LogP contribution in [-0.4, -0.2) is 35.6 Å². The number of carbonyl (C=O) groups is 2. The van der Waals surface area contributed by atoms with Gasteiger partial charge in [0.1, 0.15) is 0 Å². The fraction of sp³-hybridized carbons (Fsp3) is 0.500. The summed E-state index contributed by atoms with van der Waals surface area (Å²) in [5.74, 6) is -0.822. The van der Waals surface area contributed by atoms with E-state index >= 15 is 0 Å². The first-order valence-electron chi connectivity index (χ1n) is 5.88. The molecule has 0 atom stereocenters. The number of halogens is 1. The Labute approximate surface area is 123 Å². The van der Waals surface area contributed by atoms with Gasteiger partial charge in [-0.05, 0) is 45.8 Å². The van der Waals surface area contributed by atoms with Crippen LogP contribution in [-0.2, 0) is 11.3 Å². The Bertz CT molecular complexity index is 499. The number of rotatable bonds is 5. The summed E-state index contributed by atoms with van der Waals surface area (Å²) in [7, 11) is 1.70. The van der Waals surface area contributed by atoms with Crippen LogP contribution < -0.4 is 5.32 Å². The van der Waals surface area contributed by atoms with E-state index in [9.17, 15) is 9.59 Å². The molecule has 1 aromatic rings. The number of amides is 2. The van der Waals surface area contributed by atoms with E-state index in [4.69, 9.17) is 5.11 Å². The summed E-state index contributed by atoms with van der Waals surface area (Å²) in [4.78, 5) is 24.4. The molecule has 0 bridgehead atoms. The number of aliphatic carboxylic acids is 1. The fourth-order valence-electron chi connectivity index (χ4n) is 1.77. The monoisotopic (exact) mass is 346 g/mol. The number of hydrogen-bond acceptors (Lipinski definition) is 3. The van der Waals surface area contributed by atoms with Crippen molar-refractivity contribution in [3.8, 4) is 0 Å². The van der Waals surface area contributed by atoms with E-state index in [0.717, 1.165) is 9.35 Å². The highest BCUT2D eigenvalue weighted by atomic mass is 79.9. The zero-order valence-electron chi connectivity index (χ0n) is 10.5. The quantitative estimate of drug-likeness (QED) is 0.860. The third-order valence-electron chi connectivity index (χ3n) is 3.27. The molecule has 104 valence electrons. The first-order chi connectivity index (χ1) is 8.93. The van der Waals surface area contributed by atoms with E-state index in [1.807, 2.05) is 11.4 Å². The number of carbonyl (C=O) groups excluding carboxylic acids is 1. The number of nitrogens with one attached hydrogen (secondary N) is 1. The molecular formula is C12H15BrN2O3S. The highest BCUT2D eigenvalue weighted by Crippen LogP contribution is 2.45. The highest BCUT2D eigenvalue weighted by Gasteiger charge is 2.50. The zero-order chi connectivity index (χ0) is 14.0. The summed E-state index contributed by atoms with van der Waals surface area (Å²) in [5, 5.41) is 13.7. The molecule has 2 amide bonds.